The van der Waals surface area contributed by atoms with Crippen LogP contribution in [0.1, 0.15) is 12.5 Å². The fourth-order valence-corrected chi connectivity index (χ4v) is 4.35. The summed E-state index contributed by atoms with van der Waals surface area (Å²) in [4.78, 5) is 19.8. The second-order valence-corrected chi connectivity index (χ2v) is 7.91. The van der Waals surface area contributed by atoms with E-state index in [1.807, 2.05) is 43.3 Å². The largest absolute Gasteiger partial charge is 0.497 e. The van der Waals surface area contributed by atoms with E-state index in [1.54, 1.807) is 32.3 Å². The van der Waals surface area contributed by atoms with Crippen LogP contribution in [0.15, 0.2) is 50.8 Å². The quantitative estimate of drug-likeness (QED) is 0.542. The van der Waals surface area contributed by atoms with Gasteiger partial charge in [0, 0.05) is 16.6 Å². The molecule has 0 bridgehead atoms. The van der Waals surface area contributed by atoms with E-state index in [-0.39, 0.29) is 5.91 Å². The van der Waals surface area contributed by atoms with Crippen molar-refractivity contribution in [1.82, 2.24) is 4.90 Å². The number of carbonyl (C=O) groups excluding carboxylic acids is 1. The SMILES string of the molecule is CCN1C(=O)/C(=C\c2cc(Br)cc(OC)c2OC)SC1=Nc1ccc(OC)cc1. The number of rotatable bonds is 6. The Morgan fingerprint density at radius 3 is 2.41 bits per heavy atom. The second kappa shape index (κ2) is 9.37. The first-order valence-electron chi connectivity index (χ1n) is 8.86. The van der Waals surface area contributed by atoms with Crippen LogP contribution in [0, 0.1) is 0 Å². The molecule has 0 spiro atoms. The third-order valence-corrected chi connectivity index (χ3v) is 5.72. The van der Waals surface area contributed by atoms with Crippen LogP contribution in [0.25, 0.3) is 6.08 Å². The Hall–Kier alpha value is -2.45. The van der Waals surface area contributed by atoms with E-state index >= 15 is 0 Å². The van der Waals surface area contributed by atoms with Gasteiger partial charge in [-0.25, -0.2) is 4.99 Å². The normalized spacial score (nSPS) is 16.6. The summed E-state index contributed by atoms with van der Waals surface area (Å²) in [5, 5.41) is 0.634. The molecule has 0 N–H and O–H groups in total. The average molecular weight is 477 g/mol. The van der Waals surface area contributed by atoms with Gasteiger partial charge >= 0.3 is 0 Å². The van der Waals surface area contributed by atoms with E-state index in [9.17, 15) is 4.79 Å². The molecule has 1 aliphatic rings. The maximum atomic E-state index is 12.9. The lowest BCUT2D eigenvalue weighted by atomic mass is 10.1. The summed E-state index contributed by atoms with van der Waals surface area (Å²) < 4.78 is 16.9. The fourth-order valence-electron chi connectivity index (χ4n) is 2.84. The van der Waals surface area contributed by atoms with Gasteiger partial charge in [0.15, 0.2) is 16.7 Å². The molecule has 2 aromatic carbocycles. The first-order valence-corrected chi connectivity index (χ1v) is 10.5. The summed E-state index contributed by atoms with van der Waals surface area (Å²) in [5.74, 6) is 1.82. The van der Waals surface area contributed by atoms with Crippen LogP contribution in [0.4, 0.5) is 5.69 Å². The van der Waals surface area contributed by atoms with Crippen LogP contribution in [0.5, 0.6) is 17.2 Å². The number of likely N-dealkylation sites (N-methyl/N-ethyl adjacent to an activating group) is 1. The molecular formula is C21H21BrN2O4S. The predicted octanol–water partition coefficient (Wildman–Crippen LogP) is 5.10. The number of aliphatic imine (C=N–C) groups is 1. The van der Waals surface area contributed by atoms with Gasteiger partial charge in [0.25, 0.3) is 5.91 Å². The topological polar surface area (TPSA) is 60.4 Å². The summed E-state index contributed by atoms with van der Waals surface area (Å²) in [6, 6.07) is 11.1. The number of halogens is 1. The van der Waals surface area contributed by atoms with Gasteiger partial charge in [0.2, 0.25) is 0 Å². The highest BCUT2D eigenvalue weighted by molar-refractivity contribution is 9.10. The number of ether oxygens (including phenoxy) is 3. The lowest BCUT2D eigenvalue weighted by Crippen LogP contribution is -2.28. The summed E-state index contributed by atoms with van der Waals surface area (Å²) in [5.41, 5.74) is 1.50. The molecule has 8 heteroatoms. The van der Waals surface area contributed by atoms with Gasteiger partial charge in [-0.2, -0.15) is 0 Å². The van der Waals surface area contributed by atoms with Crippen LogP contribution in [0.3, 0.4) is 0 Å². The number of nitrogens with zero attached hydrogens (tertiary/aromatic N) is 2. The Morgan fingerprint density at radius 1 is 1.10 bits per heavy atom. The van der Waals surface area contributed by atoms with Crippen molar-refractivity contribution < 1.29 is 19.0 Å². The van der Waals surface area contributed by atoms with Crippen LogP contribution in [-0.2, 0) is 4.79 Å². The van der Waals surface area contributed by atoms with Gasteiger partial charge in [0.05, 0.1) is 31.9 Å². The molecule has 0 radical (unpaired) electrons. The third-order valence-electron chi connectivity index (χ3n) is 4.26. The zero-order valence-electron chi connectivity index (χ0n) is 16.6. The van der Waals surface area contributed by atoms with Crippen LogP contribution in [0.2, 0.25) is 0 Å². The van der Waals surface area contributed by atoms with Gasteiger partial charge in [-0.05, 0) is 61.2 Å². The molecular weight excluding hydrogens is 456 g/mol. The van der Waals surface area contributed by atoms with Crippen molar-refractivity contribution in [3.05, 3.63) is 51.3 Å². The molecule has 29 heavy (non-hydrogen) atoms. The summed E-state index contributed by atoms with van der Waals surface area (Å²) in [6.45, 7) is 2.45. The smallest absolute Gasteiger partial charge is 0.266 e. The first kappa shape index (κ1) is 21.3. The highest BCUT2D eigenvalue weighted by atomic mass is 79.9. The second-order valence-electron chi connectivity index (χ2n) is 5.98. The van der Waals surface area contributed by atoms with Crippen LogP contribution in [-0.4, -0.2) is 43.8 Å². The summed E-state index contributed by atoms with van der Waals surface area (Å²) in [6.07, 6.45) is 1.80. The number of methoxy groups -OCH3 is 3. The third kappa shape index (κ3) is 4.59. The maximum absolute atomic E-state index is 12.9. The molecule has 0 saturated carbocycles. The minimum Gasteiger partial charge on any atom is -0.497 e. The number of amides is 1. The minimum atomic E-state index is -0.0919. The van der Waals surface area contributed by atoms with Crippen molar-refractivity contribution in [2.45, 2.75) is 6.92 Å². The Balaban J connectivity index is 1.98. The van der Waals surface area contributed by atoms with Crippen molar-refractivity contribution in [2.24, 2.45) is 4.99 Å². The zero-order valence-corrected chi connectivity index (χ0v) is 19.0. The molecule has 6 nitrogen and oxygen atoms in total. The molecule has 1 heterocycles. The number of benzene rings is 2. The molecule has 0 aromatic heterocycles. The van der Waals surface area contributed by atoms with Crippen molar-refractivity contribution >= 4 is 50.5 Å². The van der Waals surface area contributed by atoms with Gasteiger partial charge in [-0.1, -0.05) is 15.9 Å². The maximum Gasteiger partial charge on any atom is 0.266 e. The lowest BCUT2D eigenvalue weighted by Gasteiger charge is -2.12. The van der Waals surface area contributed by atoms with Crippen molar-refractivity contribution in [2.75, 3.05) is 27.9 Å². The molecule has 1 amide bonds. The van der Waals surface area contributed by atoms with Gasteiger partial charge in [-0.3, -0.25) is 9.69 Å². The fraction of sp³-hybridized carbons (Fsp3) is 0.238. The first-order chi connectivity index (χ1) is 14.0. The van der Waals surface area contributed by atoms with E-state index in [2.05, 4.69) is 20.9 Å². The van der Waals surface area contributed by atoms with E-state index < -0.39 is 0 Å². The van der Waals surface area contributed by atoms with E-state index in [4.69, 9.17) is 14.2 Å². The lowest BCUT2D eigenvalue weighted by molar-refractivity contribution is -0.122. The van der Waals surface area contributed by atoms with E-state index in [0.29, 0.717) is 28.1 Å². The van der Waals surface area contributed by atoms with E-state index in [0.717, 1.165) is 21.5 Å². The Kier molecular flexibility index (Phi) is 6.87. The van der Waals surface area contributed by atoms with Crippen LogP contribution >= 0.6 is 27.7 Å². The molecule has 1 saturated heterocycles. The molecule has 0 aliphatic carbocycles. The Bertz CT molecular complexity index is 973. The molecule has 152 valence electrons. The average Bonchev–Trinajstić information content (AvgIpc) is 3.02. The number of hydrogen-bond donors (Lipinski definition) is 0. The molecule has 2 aromatic rings. The number of carbonyl (C=O) groups is 1. The molecule has 0 atom stereocenters. The highest BCUT2D eigenvalue weighted by Gasteiger charge is 2.32. The standard InChI is InChI=1S/C21H21BrN2O4S/c1-5-24-20(25)18(11-13-10-14(22)12-17(27-3)19(13)28-4)29-21(24)23-15-6-8-16(26-2)9-7-15/h6-12H,5H2,1-4H3/b18-11+,23-21?. The monoisotopic (exact) mass is 476 g/mol. The highest BCUT2D eigenvalue weighted by Crippen LogP contribution is 2.39. The molecule has 1 aliphatic heterocycles. The van der Waals surface area contributed by atoms with E-state index in [1.165, 1.54) is 11.8 Å². The summed E-state index contributed by atoms with van der Waals surface area (Å²) in [7, 11) is 4.77. The summed E-state index contributed by atoms with van der Waals surface area (Å²) >= 11 is 4.81. The number of thioether (sulfide) groups is 1. The molecule has 3 rings (SSSR count). The zero-order chi connectivity index (χ0) is 21.0. The van der Waals surface area contributed by atoms with Crippen molar-refractivity contribution in [3.63, 3.8) is 0 Å². The van der Waals surface area contributed by atoms with Crippen LogP contribution < -0.4 is 14.2 Å². The van der Waals surface area contributed by atoms with Gasteiger partial charge < -0.3 is 14.2 Å². The molecule has 1 fully saturated rings. The van der Waals surface area contributed by atoms with Gasteiger partial charge in [-0.15, -0.1) is 0 Å². The number of amidine groups is 1. The Labute approximate surface area is 182 Å². The van der Waals surface area contributed by atoms with Crippen molar-refractivity contribution in [1.29, 1.82) is 0 Å². The predicted molar refractivity (Wildman–Crippen MR) is 120 cm³/mol. The minimum absolute atomic E-state index is 0.0919. The van der Waals surface area contributed by atoms with Crippen molar-refractivity contribution in [3.8, 4) is 17.2 Å². The molecule has 0 unspecified atom stereocenters. The number of hydrogen-bond acceptors (Lipinski definition) is 6. The van der Waals surface area contributed by atoms with Gasteiger partial charge in [0.1, 0.15) is 5.75 Å². The Morgan fingerprint density at radius 2 is 1.83 bits per heavy atom.